The summed E-state index contributed by atoms with van der Waals surface area (Å²) in [5.74, 6) is 1.74. The van der Waals surface area contributed by atoms with Gasteiger partial charge in [0.25, 0.3) is 0 Å². The second kappa shape index (κ2) is 8.41. The van der Waals surface area contributed by atoms with Crippen molar-refractivity contribution in [2.75, 3.05) is 13.1 Å². The minimum atomic E-state index is 0.0895. The third-order valence-corrected chi connectivity index (χ3v) is 5.59. The van der Waals surface area contributed by atoms with Gasteiger partial charge in [0.05, 0.1) is 17.8 Å². The summed E-state index contributed by atoms with van der Waals surface area (Å²) in [6, 6.07) is 9.73. The molecule has 1 unspecified atom stereocenters. The summed E-state index contributed by atoms with van der Waals surface area (Å²) >= 11 is 6.06. The van der Waals surface area contributed by atoms with Gasteiger partial charge in [0.2, 0.25) is 5.91 Å². The number of likely N-dealkylation sites (tertiary alicyclic amines) is 1. The second-order valence-electron chi connectivity index (χ2n) is 7.74. The van der Waals surface area contributed by atoms with E-state index in [4.69, 9.17) is 16.0 Å². The van der Waals surface area contributed by atoms with Gasteiger partial charge in [-0.3, -0.25) is 9.48 Å². The van der Waals surface area contributed by atoms with Crippen LogP contribution < -0.4 is 0 Å². The Bertz CT molecular complexity index is 1010. The Kier molecular flexibility index (Phi) is 5.72. The first-order valence-electron chi connectivity index (χ1n) is 9.96. The molecule has 0 bridgehead atoms. The number of aromatic nitrogens is 3. The lowest BCUT2D eigenvalue weighted by Gasteiger charge is -2.31. The van der Waals surface area contributed by atoms with Crippen molar-refractivity contribution < 1.29 is 9.21 Å². The topological polar surface area (TPSA) is 64.2 Å². The highest BCUT2D eigenvalue weighted by Crippen LogP contribution is 2.27. The molecule has 29 heavy (non-hydrogen) atoms. The van der Waals surface area contributed by atoms with Gasteiger partial charge in [0, 0.05) is 30.2 Å². The molecule has 6 nitrogen and oxygen atoms in total. The number of aryl methyl sites for hydroxylation is 2. The van der Waals surface area contributed by atoms with Crippen LogP contribution in [0.5, 0.6) is 0 Å². The molecule has 3 aromatic rings. The lowest BCUT2D eigenvalue weighted by Crippen LogP contribution is -2.41. The van der Waals surface area contributed by atoms with E-state index in [1.54, 1.807) is 10.9 Å². The van der Waals surface area contributed by atoms with Crippen LogP contribution in [0.4, 0.5) is 0 Å². The van der Waals surface area contributed by atoms with Gasteiger partial charge in [-0.25, -0.2) is 4.98 Å². The minimum absolute atomic E-state index is 0.0895. The van der Waals surface area contributed by atoms with Crippen molar-refractivity contribution in [1.29, 1.82) is 0 Å². The van der Waals surface area contributed by atoms with Gasteiger partial charge in [0.15, 0.2) is 5.89 Å². The van der Waals surface area contributed by atoms with Crippen LogP contribution in [0.3, 0.4) is 0 Å². The number of halogens is 1. The van der Waals surface area contributed by atoms with Crippen molar-refractivity contribution in [1.82, 2.24) is 19.7 Å². The molecule has 3 heterocycles. The molecule has 152 valence electrons. The fraction of sp³-hybridized carbons (Fsp3) is 0.409. The molecule has 4 rings (SSSR count). The number of hydrogen-bond donors (Lipinski definition) is 0. The largest absolute Gasteiger partial charge is 0.445 e. The summed E-state index contributed by atoms with van der Waals surface area (Å²) < 4.78 is 7.80. The lowest BCUT2D eigenvalue weighted by atomic mass is 9.98. The average molecular weight is 413 g/mol. The predicted octanol–water partition coefficient (Wildman–Crippen LogP) is 4.14. The number of nitrogens with zero attached hydrogens (tertiary/aromatic N) is 4. The van der Waals surface area contributed by atoms with E-state index < -0.39 is 0 Å². The molecule has 7 heteroatoms. The molecule has 1 aromatic carbocycles. The summed E-state index contributed by atoms with van der Waals surface area (Å²) in [6.45, 7) is 5.59. The summed E-state index contributed by atoms with van der Waals surface area (Å²) in [6.07, 6.45) is 4.36. The smallest absolute Gasteiger partial charge is 0.244 e. The second-order valence-corrected chi connectivity index (χ2v) is 8.17. The maximum atomic E-state index is 12.8. The molecule has 0 saturated carbocycles. The molecule has 1 saturated heterocycles. The molecule has 1 aliphatic heterocycles. The molecule has 0 spiro atoms. The highest BCUT2D eigenvalue weighted by molar-refractivity contribution is 6.30. The van der Waals surface area contributed by atoms with E-state index in [2.05, 4.69) is 10.1 Å². The van der Waals surface area contributed by atoms with E-state index in [0.29, 0.717) is 23.9 Å². The summed E-state index contributed by atoms with van der Waals surface area (Å²) in [7, 11) is 0. The van der Waals surface area contributed by atoms with Crippen molar-refractivity contribution in [2.24, 2.45) is 0 Å². The van der Waals surface area contributed by atoms with Gasteiger partial charge < -0.3 is 9.32 Å². The van der Waals surface area contributed by atoms with E-state index in [1.165, 1.54) is 0 Å². The number of amides is 1. The number of carbonyl (C=O) groups is 1. The molecule has 0 N–H and O–H groups in total. The third kappa shape index (κ3) is 4.70. The fourth-order valence-corrected chi connectivity index (χ4v) is 4.12. The number of carbonyl (C=O) groups excluding carboxylic acids is 1. The Morgan fingerprint density at radius 2 is 2.17 bits per heavy atom. The molecule has 1 fully saturated rings. The maximum absolute atomic E-state index is 12.8. The zero-order valence-corrected chi connectivity index (χ0v) is 17.5. The van der Waals surface area contributed by atoms with Gasteiger partial charge in [-0.2, -0.15) is 5.10 Å². The zero-order chi connectivity index (χ0) is 20.4. The first-order chi connectivity index (χ1) is 14.0. The Hall–Kier alpha value is -2.60. The molecule has 1 atom stereocenters. The first kappa shape index (κ1) is 19.7. The van der Waals surface area contributed by atoms with E-state index >= 15 is 0 Å². The van der Waals surface area contributed by atoms with Crippen molar-refractivity contribution in [2.45, 2.75) is 45.6 Å². The summed E-state index contributed by atoms with van der Waals surface area (Å²) in [5, 5.41) is 5.11. The van der Waals surface area contributed by atoms with Gasteiger partial charge in [-0.1, -0.05) is 23.7 Å². The Morgan fingerprint density at radius 1 is 1.31 bits per heavy atom. The average Bonchev–Trinajstić information content (AvgIpc) is 3.28. The maximum Gasteiger partial charge on any atom is 0.244 e. The monoisotopic (exact) mass is 412 g/mol. The van der Waals surface area contributed by atoms with E-state index in [9.17, 15) is 4.79 Å². The highest BCUT2D eigenvalue weighted by atomic mass is 35.5. The fourth-order valence-electron chi connectivity index (χ4n) is 3.91. The number of piperidine rings is 1. The number of rotatable bonds is 5. The van der Waals surface area contributed by atoms with E-state index in [1.807, 2.05) is 49.1 Å². The van der Waals surface area contributed by atoms with Crippen molar-refractivity contribution in [3.63, 3.8) is 0 Å². The molecule has 1 amide bonds. The van der Waals surface area contributed by atoms with Gasteiger partial charge >= 0.3 is 0 Å². The lowest BCUT2D eigenvalue weighted by molar-refractivity contribution is -0.133. The summed E-state index contributed by atoms with van der Waals surface area (Å²) in [4.78, 5) is 19.2. The van der Waals surface area contributed by atoms with Crippen molar-refractivity contribution in [3.05, 3.63) is 70.2 Å². The SMILES string of the molecule is Cc1cc(C)n(CC(=O)N2CCCC(c3ncc(Cc4cccc(Cl)c4)o3)C2)n1. The molecular weight excluding hydrogens is 388 g/mol. The van der Waals surface area contributed by atoms with Gasteiger partial charge in [-0.05, 0) is 50.5 Å². The number of benzene rings is 1. The molecule has 1 aliphatic rings. The standard InChI is InChI=1S/C22H25ClN4O2/c1-15-9-16(2)27(25-15)14-21(28)26-8-4-6-18(13-26)22-24-12-20(29-22)11-17-5-3-7-19(23)10-17/h3,5,7,9-10,12,18H,4,6,8,11,13-14H2,1-2H3. The van der Waals surface area contributed by atoms with Gasteiger partial charge in [0.1, 0.15) is 12.3 Å². The Balaban J connectivity index is 1.40. The van der Waals surface area contributed by atoms with Crippen LogP contribution in [0.25, 0.3) is 0 Å². The highest BCUT2D eigenvalue weighted by Gasteiger charge is 2.28. The van der Waals surface area contributed by atoms with Crippen LogP contribution in [0, 0.1) is 13.8 Å². The van der Waals surface area contributed by atoms with Crippen LogP contribution in [0.15, 0.2) is 40.9 Å². The van der Waals surface area contributed by atoms with Crippen LogP contribution >= 0.6 is 11.6 Å². The third-order valence-electron chi connectivity index (χ3n) is 5.35. The van der Waals surface area contributed by atoms with Gasteiger partial charge in [-0.15, -0.1) is 0 Å². The van der Waals surface area contributed by atoms with Crippen LogP contribution in [-0.2, 0) is 17.8 Å². The van der Waals surface area contributed by atoms with Crippen LogP contribution in [0.2, 0.25) is 5.02 Å². The Labute approximate surface area is 175 Å². The van der Waals surface area contributed by atoms with E-state index in [-0.39, 0.29) is 18.4 Å². The number of oxazole rings is 1. The predicted molar refractivity (Wildman–Crippen MR) is 111 cm³/mol. The Morgan fingerprint density at radius 3 is 2.93 bits per heavy atom. The molecule has 2 aromatic heterocycles. The van der Waals surface area contributed by atoms with E-state index in [0.717, 1.165) is 42.1 Å². The van der Waals surface area contributed by atoms with Crippen LogP contribution in [0.1, 0.15) is 47.4 Å². The minimum Gasteiger partial charge on any atom is -0.445 e. The molecule has 0 aliphatic carbocycles. The molecular formula is C22H25ClN4O2. The van der Waals surface area contributed by atoms with Crippen molar-refractivity contribution in [3.8, 4) is 0 Å². The molecule has 0 radical (unpaired) electrons. The number of hydrogen-bond acceptors (Lipinski definition) is 4. The normalized spacial score (nSPS) is 16.9. The summed E-state index contributed by atoms with van der Waals surface area (Å²) in [5.41, 5.74) is 3.02. The first-order valence-corrected chi connectivity index (χ1v) is 10.3. The quantitative estimate of drug-likeness (QED) is 0.631. The van der Waals surface area contributed by atoms with Crippen LogP contribution in [-0.4, -0.2) is 38.7 Å². The van der Waals surface area contributed by atoms with Crippen molar-refractivity contribution >= 4 is 17.5 Å². The zero-order valence-electron chi connectivity index (χ0n) is 16.8.